The van der Waals surface area contributed by atoms with Gasteiger partial charge in [0.05, 0.1) is 0 Å². The van der Waals surface area contributed by atoms with Gasteiger partial charge in [0.2, 0.25) is 0 Å². The lowest BCUT2D eigenvalue weighted by atomic mass is 10.0. The molecule has 0 radical (unpaired) electrons. The van der Waals surface area contributed by atoms with Gasteiger partial charge in [-0.2, -0.15) is 0 Å². The van der Waals surface area contributed by atoms with Crippen LogP contribution in [-0.4, -0.2) is 34.3 Å². The van der Waals surface area contributed by atoms with Crippen molar-refractivity contribution in [2.75, 3.05) is 0 Å². The van der Waals surface area contributed by atoms with Crippen molar-refractivity contribution < 1.29 is 24.5 Å². The van der Waals surface area contributed by atoms with Crippen LogP contribution >= 0.6 is 0 Å². The van der Waals surface area contributed by atoms with Gasteiger partial charge < -0.3 is 14.9 Å². The fourth-order valence-corrected chi connectivity index (χ4v) is 2.00. The summed E-state index contributed by atoms with van der Waals surface area (Å²) in [6, 6.07) is 8.12. The number of aliphatic carboxylic acids is 2. The zero-order valence-electron chi connectivity index (χ0n) is 13.0. The van der Waals surface area contributed by atoms with Crippen molar-refractivity contribution in [3.05, 3.63) is 35.9 Å². The van der Waals surface area contributed by atoms with Gasteiger partial charge in [-0.1, -0.05) is 44.2 Å². The Labute approximate surface area is 130 Å². The van der Waals surface area contributed by atoms with Crippen LogP contribution in [0.5, 0.6) is 0 Å². The van der Waals surface area contributed by atoms with Crippen LogP contribution in [0.3, 0.4) is 0 Å². The SMILES string of the molecule is CC(C)C[C@H](NC(O[C@H](C)C(=O)O)c1ccccc1)C(=O)O. The summed E-state index contributed by atoms with van der Waals surface area (Å²) in [6.07, 6.45) is -1.43. The van der Waals surface area contributed by atoms with Crippen LogP contribution in [0.4, 0.5) is 0 Å². The minimum Gasteiger partial charge on any atom is -0.480 e. The standard InChI is InChI=1S/C16H23NO5/c1-10(2)9-13(16(20)21)17-14(22-11(3)15(18)19)12-7-5-4-6-8-12/h4-8,10-11,13-14,17H,9H2,1-3H3,(H,18,19)(H,20,21)/t11-,13+,14?/m1/s1. The van der Waals surface area contributed by atoms with E-state index in [1.807, 2.05) is 19.9 Å². The maximum Gasteiger partial charge on any atom is 0.332 e. The Balaban J connectivity index is 2.93. The predicted octanol–water partition coefficient (Wildman–Crippen LogP) is 2.26. The third-order valence-electron chi connectivity index (χ3n) is 3.15. The van der Waals surface area contributed by atoms with Crippen LogP contribution in [0.25, 0.3) is 0 Å². The number of nitrogens with one attached hydrogen (secondary N) is 1. The summed E-state index contributed by atoms with van der Waals surface area (Å²) in [7, 11) is 0. The lowest BCUT2D eigenvalue weighted by molar-refractivity contribution is -0.156. The maximum absolute atomic E-state index is 11.4. The van der Waals surface area contributed by atoms with Crippen molar-refractivity contribution in [3.63, 3.8) is 0 Å². The Hall–Kier alpha value is -1.92. The van der Waals surface area contributed by atoms with E-state index in [2.05, 4.69) is 5.32 Å². The Morgan fingerprint density at radius 2 is 1.68 bits per heavy atom. The van der Waals surface area contributed by atoms with Crippen LogP contribution in [0.2, 0.25) is 0 Å². The number of ether oxygens (including phenoxy) is 1. The van der Waals surface area contributed by atoms with Crippen molar-refractivity contribution >= 4 is 11.9 Å². The lowest BCUT2D eigenvalue weighted by Gasteiger charge is -2.26. The number of carbonyl (C=O) groups is 2. The number of rotatable bonds is 9. The molecule has 0 saturated heterocycles. The van der Waals surface area contributed by atoms with Crippen molar-refractivity contribution in [2.24, 2.45) is 5.92 Å². The highest BCUT2D eigenvalue weighted by Gasteiger charge is 2.26. The van der Waals surface area contributed by atoms with Gasteiger partial charge in [-0.15, -0.1) is 0 Å². The van der Waals surface area contributed by atoms with Crippen molar-refractivity contribution in [2.45, 2.75) is 45.6 Å². The Morgan fingerprint density at radius 3 is 2.14 bits per heavy atom. The van der Waals surface area contributed by atoms with Crippen LogP contribution < -0.4 is 5.32 Å². The van der Waals surface area contributed by atoms with Gasteiger partial charge >= 0.3 is 11.9 Å². The molecule has 3 atom stereocenters. The average molecular weight is 309 g/mol. The van der Waals surface area contributed by atoms with Gasteiger partial charge in [0.25, 0.3) is 0 Å². The minimum absolute atomic E-state index is 0.182. The quantitative estimate of drug-likeness (QED) is 0.606. The van der Waals surface area contributed by atoms with Gasteiger partial charge in [0.15, 0.2) is 6.10 Å². The Bertz CT molecular complexity index is 489. The largest absolute Gasteiger partial charge is 0.480 e. The van der Waals surface area contributed by atoms with Crippen LogP contribution in [0.1, 0.15) is 39.0 Å². The highest BCUT2D eigenvalue weighted by Crippen LogP contribution is 2.19. The van der Waals surface area contributed by atoms with E-state index in [9.17, 15) is 14.7 Å². The molecule has 1 aromatic rings. The van der Waals surface area contributed by atoms with E-state index >= 15 is 0 Å². The summed E-state index contributed by atoms with van der Waals surface area (Å²) >= 11 is 0. The zero-order valence-corrected chi connectivity index (χ0v) is 13.0. The summed E-state index contributed by atoms with van der Waals surface area (Å²) in [4.78, 5) is 22.4. The van der Waals surface area contributed by atoms with E-state index in [1.165, 1.54) is 6.92 Å². The second kappa shape index (κ2) is 8.51. The summed E-state index contributed by atoms with van der Waals surface area (Å²) in [5.41, 5.74) is 0.686. The van der Waals surface area contributed by atoms with Gasteiger partial charge in [-0.3, -0.25) is 10.1 Å². The van der Waals surface area contributed by atoms with E-state index < -0.39 is 30.3 Å². The van der Waals surface area contributed by atoms with E-state index in [0.717, 1.165) is 0 Å². The van der Waals surface area contributed by atoms with Gasteiger partial charge in [0.1, 0.15) is 12.3 Å². The monoisotopic (exact) mass is 309 g/mol. The summed E-state index contributed by atoms with van der Waals surface area (Å²) in [5, 5.41) is 21.2. The van der Waals surface area contributed by atoms with Crippen LogP contribution in [0.15, 0.2) is 30.3 Å². The average Bonchev–Trinajstić information content (AvgIpc) is 2.45. The fraction of sp³-hybridized carbons (Fsp3) is 0.500. The normalized spacial score (nSPS) is 15.3. The molecular formula is C16H23NO5. The Kier molecular flexibility index (Phi) is 7.01. The minimum atomic E-state index is -1.10. The number of benzene rings is 1. The maximum atomic E-state index is 11.4. The number of hydrogen-bond acceptors (Lipinski definition) is 4. The molecule has 1 rings (SSSR count). The van der Waals surface area contributed by atoms with Gasteiger partial charge in [0, 0.05) is 0 Å². The molecule has 3 N–H and O–H groups in total. The molecule has 0 aliphatic carbocycles. The highest BCUT2D eigenvalue weighted by molar-refractivity contribution is 5.73. The van der Waals surface area contributed by atoms with Crippen LogP contribution in [0, 0.1) is 5.92 Å². The molecule has 22 heavy (non-hydrogen) atoms. The molecule has 0 aliphatic heterocycles. The molecular weight excluding hydrogens is 286 g/mol. The molecule has 122 valence electrons. The van der Waals surface area contributed by atoms with Crippen LogP contribution in [-0.2, 0) is 14.3 Å². The first kappa shape index (κ1) is 18.1. The second-order valence-corrected chi connectivity index (χ2v) is 5.59. The van der Waals surface area contributed by atoms with E-state index in [-0.39, 0.29) is 5.92 Å². The van der Waals surface area contributed by atoms with Crippen molar-refractivity contribution in [3.8, 4) is 0 Å². The molecule has 0 spiro atoms. The zero-order chi connectivity index (χ0) is 16.7. The smallest absolute Gasteiger partial charge is 0.332 e. The molecule has 1 aromatic carbocycles. The molecule has 0 bridgehead atoms. The van der Waals surface area contributed by atoms with Crippen molar-refractivity contribution in [1.29, 1.82) is 0 Å². The molecule has 0 aliphatic rings. The molecule has 1 unspecified atom stereocenters. The third kappa shape index (κ3) is 5.83. The first-order valence-electron chi connectivity index (χ1n) is 7.23. The third-order valence-corrected chi connectivity index (χ3v) is 3.15. The predicted molar refractivity (Wildman–Crippen MR) is 81.4 cm³/mol. The molecule has 6 heteroatoms. The summed E-state index contributed by atoms with van der Waals surface area (Å²) in [5.74, 6) is -1.90. The molecule has 0 saturated carbocycles. The summed E-state index contributed by atoms with van der Waals surface area (Å²) < 4.78 is 5.49. The first-order chi connectivity index (χ1) is 10.3. The van der Waals surface area contributed by atoms with Gasteiger partial charge in [-0.05, 0) is 24.8 Å². The van der Waals surface area contributed by atoms with Crippen molar-refractivity contribution in [1.82, 2.24) is 5.32 Å². The molecule has 0 heterocycles. The number of hydrogen-bond donors (Lipinski definition) is 3. The molecule has 0 aromatic heterocycles. The lowest BCUT2D eigenvalue weighted by Crippen LogP contribution is -2.42. The topological polar surface area (TPSA) is 95.9 Å². The molecule has 6 nitrogen and oxygen atoms in total. The number of carboxylic acids is 2. The highest BCUT2D eigenvalue weighted by atomic mass is 16.5. The number of carboxylic acid groups (broad SMARTS) is 2. The van der Waals surface area contributed by atoms with Gasteiger partial charge in [-0.25, -0.2) is 4.79 Å². The van der Waals surface area contributed by atoms with E-state index in [1.54, 1.807) is 24.3 Å². The Morgan fingerprint density at radius 1 is 1.09 bits per heavy atom. The van der Waals surface area contributed by atoms with E-state index in [0.29, 0.717) is 12.0 Å². The molecule has 0 amide bonds. The fourth-order valence-electron chi connectivity index (χ4n) is 2.00. The first-order valence-corrected chi connectivity index (χ1v) is 7.23. The molecule has 0 fully saturated rings. The second-order valence-electron chi connectivity index (χ2n) is 5.59. The van der Waals surface area contributed by atoms with E-state index in [4.69, 9.17) is 9.84 Å². The summed E-state index contributed by atoms with van der Waals surface area (Å²) in [6.45, 7) is 5.27.